The molecule has 0 amide bonds. The lowest BCUT2D eigenvalue weighted by Crippen LogP contribution is -2.19. The Morgan fingerprint density at radius 3 is 2.71 bits per heavy atom. The molecule has 0 bridgehead atoms. The number of benzene rings is 1. The Bertz CT molecular complexity index is 982. The molecule has 7 heteroatoms. The van der Waals surface area contributed by atoms with Gasteiger partial charge in [-0.25, -0.2) is 9.55 Å². The molecule has 1 aliphatic heterocycles. The Balaban J connectivity index is 1.41. The number of rotatable bonds is 10. The van der Waals surface area contributed by atoms with Crippen molar-refractivity contribution in [3.05, 3.63) is 53.2 Å². The fraction of sp³-hybridized carbons (Fsp3) is 0.458. The van der Waals surface area contributed by atoms with E-state index in [9.17, 15) is 4.57 Å². The second kappa shape index (κ2) is 10.1. The van der Waals surface area contributed by atoms with E-state index in [1.54, 1.807) is 13.8 Å². The summed E-state index contributed by atoms with van der Waals surface area (Å²) in [7, 11) is -3.43. The van der Waals surface area contributed by atoms with E-state index in [4.69, 9.17) is 18.6 Å². The van der Waals surface area contributed by atoms with Crippen LogP contribution < -0.4 is 5.32 Å². The van der Waals surface area contributed by atoms with E-state index in [-0.39, 0.29) is 6.04 Å². The van der Waals surface area contributed by atoms with Crippen LogP contribution in [0.25, 0.3) is 17.2 Å². The minimum absolute atomic E-state index is 0.187. The zero-order chi connectivity index (χ0) is 21.7. The highest BCUT2D eigenvalue weighted by molar-refractivity contribution is 7.48. The van der Waals surface area contributed by atoms with Gasteiger partial charge in [-0.3, -0.25) is 13.6 Å². The molecule has 1 aromatic heterocycles. The Morgan fingerprint density at radius 1 is 1.10 bits per heavy atom. The molecule has 166 valence electrons. The first-order chi connectivity index (χ1) is 15.1. The topological polar surface area (TPSA) is 69.7 Å². The molecule has 0 fully saturated rings. The molecule has 0 spiro atoms. The van der Waals surface area contributed by atoms with E-state index in [0.29, 0.717) is 19.8 Å². The number of anilines is 1. The van der Waals surface area contributed by atoms with E-state index in [0.717, 1.165) is 43.6 Å². The van der Waals surface area contributed by atoms with Gasteiger partial charge in [-0.2, -0.15) is 0 Å². The Morgan fingerprint density at radius 2 is 1.90 bits per heavy atom. The van der Waals surface area contributed by atoms with Crippen molar-refractivity contribution >= 4 is 19.7 Å². The molecule has 31 heavy (non-hydrogen) atoms. The van der Waals surface area contributed by atoms with Crippen LogP contribution in [0.1, 0.15) is 62.4 Å². The van der Waals surface area contributed by atoms with Crippen molar-refractivity contribution in [3.63, 3.8) is 0 Å². The monoisotopic (exact) mass is 442 g/mol. The number of aromatic nitrogens is 1. The van der Waals surface area contributed by atoms with Crippen molar-refractivity contribution in [1.82, 2.24) is 4.98 Å². The summed E-state index contributed by atoms with van der Waals surface area (Å²) in [4.78, 5) is 4.93. The number of allylic oxidation sites excluding steroid dienone is 1. The van der Waals surface area contributed by atoms with Gasteiger partial charge in [0, 0.05) is 5.56 Å². The number of hydrogen-bond donors (Lipinski definition) is 1. The van der Waals surface area contributed by atoms with Crippen LogP contribution in [0.3, 0.4) is 0 Å². The van der Waals surface area contributed by atoms with E-state index in [2.05, 4.69) is 47.8 Å². The number of pyridine rings is 1. The van der Waals surface area contributed by atoms with Crippen LogP contribution in [-0.2, 0) is 24.6 Å². The average molecular weight is 442 g/mol. The Hall–Kier alpha value is -1.98. The number of fused-ring (bicyclic) bond motifs is 4. The van der Waals surface area contributed by atoms with Crippen molar-refractivity contribution in [1.29, 1.82) is 0 Å². The van der Waals surface area contributed by atoms with E-state index in [1.807, 2.05) is 0 Å². The number of phosphoric acid groups is 1. The first-order valence-electron chi connectivity index (χ1n) is 11.2. The third-order valence-electron chi connectivity index (χ3n) is 5.64. The molecule has 1 aromatic carbocycles. The number of hydrogen-bond acceptors (Lipinski definition) is 6. The van der Waals surface area contributed by atoms with Gasteiger partial charge in [-0.05, 0) is 74.8 Å². The maximum atomic E-state index is 12.4. The van der Waals surface area contributed by atoms with Crippen LogP contribution in [0.2, 0.25) is 0 Å². The second-order valence-electron chi connectivity index (χ2n) is 7.77. The minimum atomic E-state index is -3.43. The number of unbranched alkanes of at least 4 members (excludes halogenated alkanes) is 1. The average Bonchev–Trinajstić information content (AvgIpc) is 2.78. The van der Waals surface area contributed by atoms with E-state index < -0.39 is 7.82 Å². The second-order valence-corrected chi connectivity index (χ2v) is 9.43. The molecule has 2 aromatic rings. The Labute approximate surface area is 184 Å². The van der Waals surface area contributed by atoms with Crippen LogP contribution in [0.4, 0.5) is 5.82 Å². The number of nitrogens with one attached hydrogen (secondary N) is 1. The lowest BCUT2D eigenvalue weighted by Gasteiger charge is -2.30. The third kappa shape index (κ3) is 5.09. The summed E-state index contributed by atoms with van der Waals surface area (Å²) in [6.45, 7) is 4.50. The minimum Gasteiger partial charge on any atom is -0.363 e. The lowest BCUT2D eigenvalue weighted by atomic mass is 9.87. The first-order valence-corrected chi connectivity index (χ1v) is 12.7. The number of phosphoric ester groups is 1. The number of nitrogens with zero attached hydrogens (tertiary/aromatic N) is 1. The maximum absolute atomic E-state index is 12.4. The molecular formula is C24H31N2O4P. The normalized spacial score (nSPS) is 16.9. The quantitative estimate of drug-likeness (QED) is 0.333. The molecule has 1 N–H and O–H groups in total. The van der Waals surface area contributed by atoms with Crippen molar-refractivity contribution in [3.8, 4) is 11.1 Å². The molecular weight excluding hydrogens is 411 g/mol. The summed E-state index contributed by atoms with van der Waals surface area (Å²) in [5.41, 5.74) is 6.16. The third-order valence-corrected chi connectivity index (χ3v) is 7.29. The molecule has 0 saturated carbocycles. The van der Waals surface area contributed by atoms with Crippen molar-refractivity contribution < 1.29 is 18.1 Å². The molecule has 0 saturated heterocycles. The fourth-order valence-corrected chi connectivity index (χ4v) is 5.44. The van der Waals surface area contributed by atoms with Gasteiger partial charge in [0.2, 0.25) is 0 Å². The first kappa shape index (κ1) is 22.2. The predicted molar refractivity (Wildman–Crippen MR) is 124 cm³/mol. The van der Waals surface area contributed by atoms with Crippen LogP contribution in [-0.4, -0.2) is 24.8 Å². The number of aryl methyl sites for hydroxylation is 1. The summed E-state index contributed by atoms with van der Waals surface area (Å²) < 4.78 is 28.2. The van der Waals surface area contributed by atoms with Crippen LogP contribution in [0.15, 0.2) is 36.4 Å². The SMILES string of the molecule is CCOP(=O)(OCC)OCCCCC1Nc2nc3c(cc2-c2ccccc21)CCC=C3. The summed E-state index contributed by atoms with van der Waals surface area (Å²) in [5.74, 6) is 0.961. The summed E-state index contributed by atoms with van der Waals surface area (Å²) in [6.07, 6.45) is 9.07. The van der Waals surface area contributed by atoms with Gasteiger partial charge in [0.05, 0.1) is 31.6 Å². The summed E-state index contributed by atoms with van der Waals surface area (Å²) in [6, 6.07) is 11.1. The molecule has 1 unspecified atom stereocenters. The predicted octanol–water partition coefficient (Wildman–Crippen LogP) is 6.54. The molecule has 2 heterocycles. The molecule has 1 aliphatic carbocycles. The summed E-state index contributed by atoms with van der Waals surface area (Å²) in [5, 5.41) is 3.66. The smallest absolute Gasteiger partial charge is 0.363 e. The zero-order valence-corrected chi connectivity index (χ0v) is 19.2. The van der Waals surface area contributed by atoms with Crippen LogP contribution >= 0.6 is 7.82 Å². The molecule has 4 rings (SSSR count). The molecule has 6 nitrogen and oxygen atoms in total. The summed E-state index contributed by atoms with van der Waals surface area (Å²) >= 11 is 0. The van der Waals surface area contributed by atoms with E-state index >= 15 is 0 Å². The largest absolute Gasteiger partial charge is 0.474 e. The lowest BCUT2D eigenvalue weighted by molar-refractivity contribution is 0.120. The van der Waals surface area contributed by atoms with Gasteiger partial charge in [-0.1, -0.05) is 30.3 Å². The van der Waals surface area contributed by atoms with Gasteiger partial charge in [0.25, 0.3) is 0 Å². The van der Waals surface area contributed by atoms with Gasteiger partial charge in [-0.15, -0.1) is 0 Å². The maximum Gasteiger partial charge on any atom is 0.474 e. The van der Waals surface area contributed by atoms with Crippen molar-refractivity contribution in [2.75, 3.05) is 25.1 Å². The highest BCUT2D eigenvalue weighted by Gasteiger charge is 2.27. The molecule has 1 atom stereocenters. The van der Waals surface area contributed by atoms with Crippen LogP contribution in [0, 0.1) is 0 Å². The van der Waals surface area contributed by atoms with Gasteiger partial charge < -0.3 is 5.32 Å². The van der Waals surface area contributed by atoms with Gasteiger partial charge >= 0.3 is 7.82 Å². The van der Waals surface area contributed by atoms with Crippen molar-refractivity contribution in [2.45, 2.75) is 52.0 Å². The molecule has 2 aliphatic rings. The highest BCUT2D eigenvalue weighted by atomic mass is 31.2. The molecule has 0 radical (unpaired) electrons. The van der Waals surface area contributed by atoms with Gasteiger partial charge in [0.1, 0.15) is 5.82 Å². The zero-order valence-electron chi connectivity index (χ0n) is 18.3. The Kier molecular flexibility index (Phi) is 7.24. The standard InChI is InChI=1S/C24H31N2O4P/c1-3-28-31(27,29-4-2)30-16-10-9-15-23-20-13-7-6-12-19(20)21-17-18-11-5-8-14-22(18)25-24(21)26-23/h6-8,12-14,17,23H,3-5,9-11,15-16H2,1-2H3,(H,25,26). The van der Waals surface area contributed by atoms with Crippen molar-refractivity contribution in [2.24, 2.45) is 0 Å². The van der Waals surface area contributed by atoms with Gasteiger partial charge in [0.15, 0.2) is 0 Å². The van der Waals surface area contributed by atoms with Crippen LogP contribution in [0.5, 0.6) is 0 Å². The fourth-order valence-electron chi connectivity index (χ4n) is 4.23. The van der Waals surface area contributed by atoms with E-state index in [1.165, 1.54) is 22.3 Å². The highest BCUT2D eigenvalue weighted by Crippen LogP contribution is 2.49.